The van der Waals surface area contributed by atoms with Crippen molar-refractivity contribution in [2.75, 3.05) is 13.1 Å². The first-order valence-electron chi connectivity index (χ1n) is 9.05. The molecule has 4 rings (SSSR count). The second-order valence-corrected chi connectivity index (χ2v) is 7.00. The fourth-order valence-corrected chi connectivity index (χ4v) is 3.61. The third kappa shape index (κ3) is 3.24. The number of aromatic nitrogens is 3. The summed E-state index contributed by atoms with van der Waals surface area (Å²) in [5, 5.41) is 1.16. The highest BCUT2D eigenvalue weighted by molar-refractivity contribution is 5.86. The number of nitrogens with zero attached hydrogens (tertiary/aromatic N) is 4. The van der Waals surface area contributed by atoms with Gasteiger partial charge in [0.25, 0.3) is 5.56 Å². The first-order chi connectivity index (χ1) is 12.6. The molecule has 1 saturated heterocycles. The van der Waals surface area contributed by atoms with Crippen molar-refractivity contribution in [3.8, 4) is 5.75 Å². The van der Waals surface area contributed by atoms with E-state index in [0.29, 0.717) is 12.2 Å². The summed E-state index contributed by atoms with van der Waals surface area (Å²) in [6.45, 7) is 2.43. The van der Waals surface area contributed by atoms with Gasteiger partial charge in [-0.1, -0.05) is 6.07 Å². The zero-order valence-corrected chi connectivity index (χ0v) is 15.3. The lowest BCUT2D eigenvalue weighted by Crippen LogP contribution is -2.39. The topological polar surface area (TPSA) is 52.3 Å². The molecule has 1 fully saturated rings. The largest absolute Gasteiger partial charge is 0.490 e. The van der Waals surface area contributed by atoms with E-state index in [2.05, 4.69) is 32.8 Å². The van der Waals surface area contributed by atoms with Gasteiger partial charge in [0.15, 0.2) is 0 Å². The fourth-order valence-electron chi connectivity index (χ4n) is 3.61. The van der Waals surface area contributed by atoms with E-state index in [0.717, 1.165) is 37.1 Å². The van der Waals surface area contributed by atoms with Crippen molar-refractivity contribution in [3.63, 3.8) is 0 Å². The molecule has 3 heterocycles. The maximum Gasteiger partial charge on any atom is 0.273 e. The van der Waals surface area contributed by atoms with Gasteiger partial charge < -0.3 is 13.9 Å². The number of likely N-dealkylation sites (tertiary alicyclic amines) is 1. The molecule has 0 radical (unpaired) electrons. The summed E-state index contributed by atoms with van der Waals surface area (Å²) in [5.41, 5.74) is 1.79. The molecule has 0 amide bonds. The van der Waals surface area contributed by atoms with E-state index < -0.39 is 0 Å². The first-order valence-corrected chi connectivity index (χ1v) is 9.05. The highest BCUT2D eigenvalue weighted by atomic mass is 16.5. The lowest BCUT2D eigenvalue weighted by Gasteiger charge is -2.31. The number of hydrogen-bond acceptors (Lipinski definition) is 4. The van der Waals surface area contributed by atoms with Gasteiger partial charge >= 0.3 is 0 Å². The molecule has 136 valence electrons. The van der Waals surface area contributed by atoms with E-state index in [1.165, 1.54) is 5.52 Å². The zero-order valence-electron chi connectivity index (χ0n) is 15.3. The van der Waals surface area contributed by atoms with Crippen LogP contribution in [0.3, 0.4) is 0 Å². The summed E-state index contributed by atoms with van der Waals surface area (Å²) >= 11 is 0. The van der Waals surface area contributed by atoms with Crippen LogP contribution >= 0.6 is 0 Å². The highest BCUT2D eigenvalue weighted by Crippen LogP contribution is 2.28. The number of rotatable bonds is 4. The van der Waals surface area contributed by atoms with Crippen LogP contribution in [0.15, 0.2) is 47.7 Å². The number of ether oxygens (including phenoxy) is 1. The monoisotopic (exact) mass is 352 g/mol. The Kier molecular flexibility index (Phi) is 4.51. The van der Waals surface area contributed by atoms with Gasteiger partial charge in [-0.15, -0.1) is 0 Å². The normalized spacial score (nSPS) is 16.2. The van der Waals surface area contributed by atoms with Crippen molar-refractivity contribution in [1.82, 2.24) is 19.0 Å². The Bertz CT molecular complexity index is 967. The molecule has 6 heteroatoms. The van der Waals surface area contributed by atoms with Crippen LogP contribution in [0.25, 0.3) is 10.9 Å². The maximum absolute atomic E-state index is 12.1. The molecule has 0 saturated carbocycles. The minimum absolute atomic E-state index is 0.0124. The average molecular weight is 352 g/mol. The Balaban J connectivity index is 1.39. The molecule has 2 aromatic heterocycles. The molecule has 1 aromatic carbocycles. The van der Waals surface area contributed by atoms with E-state index in [9.17, 15) is 4.79 Å². The summed E-state index contributed by atoms with van der Waals surface area (Å²) in [4.78, 5) is 18.7. The zero-order chi connectivity index (χ0) is 18.1. The molecule has 0 aliphatic carbocycles. The summed E-state index contributed by atoms with van der Waals surface area (Å²) < 4.78 is 9.99. The van der Waals surface area contributed by atoms with Gasteiger partial charge in [0.1, 0.15) is 17.5 Å². The van der Waals surface area contributed by atoms with Crippen LogP contribution in [-0.2, 0) is 20.6 Å². The van der Waals surface area contributed by atoms with Gasteiger partial charge in [-0.2, -0.15) is 0 Å². The molecule has 6 nitrogen and oxygen atoms in total. The summed E-state index contributed by atoms with van der Waals surface area (Å²) in [7, 11) is 3.81. The Morgan fingerprint density at radius 1 is 1.12 bits per heavy atom. The van der Waals surface area contributed by atoms with Gasteiger partial charge in [0.05, 0.1) is 5.52 Å². The van der Waals surface area contributed by atoms with E-state index >= 15 is 0 Å². The van der Waals surface area contributed by atoms with Gasteiger partial charge in [-0.3, -0.25) is 14.7 Å². The van der Waals surface area contributed by atoms with Gasteiger partial charge in [0, 0.05) is 57.7 Å². The third-order valence-corrected chi connectivity index (χ3v) is 5.18. The van der Waals surface area contributed by atoms with E-state index in [-0.39, 0.29) is 11.7 Å². The summed E-state index contributed by atoms with van der Waals surface area (Å²) in [6.07, 6.45) is 7.56. The quantitative estimate of drug-likeness (QED) is 0.723. The Labute approximate surface area is 152 Å². The maximum atomic E-state index is 12.1. The molecule has 0 bridgehead atoms. The minimum atomic E-state index is -0.0124. The fraction of sp³-hybridized carbons (Fsp3) is 0.400. The highest BCUT2D eigenvalue weighted by Gasteiger charge is 2.22. The molecule has 3 aromatic rings. The number of hydrogen-bond donors (Lipinski definition) is 0. The van der Waals surface area contributed by atoms with E-state index in [1.54, 1.807) is 24.0 Å². The smallest absolute Gasteiger partial charge is 0.273 e. The molecule has 0 spiro atoms. The van der Waals surface area contributed by atoms with Crippen LogP contribution in [0.5, 0.6) is 5.75 Å². The van der Waals surface area contributed by atoms with Crippen molar-refractivity contribution in [1.29, 1.82) is 0 Å². The Hall–Kier alpha value is -2.60. The van der Waals surface area contributed by atoms with Crippen molar-refractivity contribution >= 4 is 10.9 Å². The van der Waals surface area contributed by atoms with Crippen molar-refractivity contribution < 1.29 is 4.74 Å². The average Bonchev–Trinajstić information content (AvgIpc) is 3.03. The standard InChI is InChI=1S/C20H24N4O2/c1-22-10-8-16-18(22)4-3-5-19(16)26-15-6-11-24(12-7-15)14-17-20(25)23(2)13-9-21-17/h3-5,8-10,13,15H,6-7,11-12,14H2,1-2H3. The number of benzene rings is 1. The number of piperidine rings is 1. The third-order valence-electron chi connectivity index (χ3n) is 5.18. The van der Waals surface area contributed by atoms with Crippen LogP contribution in [-0.4, -0.2) is 38.2 Å². The molecule has 1 aliphatic rings. The van der Waals surface area contributed by atoms with Crippen LogP contribution in [0.4, 0.5) is 0 Å². The molecular formula is C20H24N4O2. The van der Waals surface area contributed by atoms with Crippen LogP contribution in [0, 0.1) is 0 Å². The molecule has 0 atom stereocenters. The number of aryl methyl sites for hydroxylation is 2. The van der Waals surface area contributed by atoms with Gasteiger partial charge in [-0.05, 0) is 31.0 Å². The Morgan fingerprint density at radius 3 is 2.73 bits per heavy atom. The summed E-state index contributed by atoms with van der Waals surface area (Å²) in [6, 6.07) is 8.31. The molecule has 26 heavy (non-hydrogen) atoms. The van der Waals surface area contributed by atoms with Crippen LogP contribution in [0.1, 0.15) is 18.5 Å². The second-order valence-electron chi connectivity index (χ2n) is 7.00. The van der Waals surface area contributed by atoms with Crippen molar-refractivity contribution in [2.24, 2.45) is 14.1 Å². The minimum Gasteiger partial charge on any atom is -0.490 e. The second kappa shape index (κ2) is 6.96. The predicted octanol–water partition coefficient (Wildman–Crippen LogP) is 2.32. The first kappa shape index (κ1) is 16.8. The Morgan fingerprint density at radius 2 is 1.92 bits per heavy atom. The van der Waals surface area contributed by atoms with Crippen LogP contribution in [0.2, 0.25) is 0 Å². The molecule has 1 aliphatic heterocycles. The van der Waals surface area contributed by atoms with Crippen molar-refractivity contribution in [3.05, 3.63) is 58.9 Å². The van der Waals surface area contributed by atoms with E-state index in [1.807, 2.05) is 19.2 Å². The van der Waals surface area contributed by atoms with E-state index in [4.69, 9.17) is 4.74 Å². The molecule has 0 N–H and O–H groups in total. The predicted molar refractivity (Wildman–Crippen MR) is 101 cm³/mol. The van der Waals surface area contributed by atoms with Gasteiger partial charge in [-0.25, -0.2) is 0 Å². The molecular weight excluding hydrogens is 328 g/mol. The SMILES string of the molecule is Cn1ccnc(CN2CCC(Oc3cccc4c3ccn4C)CC2)c1=O. The lowest BCUT2D eigenvalue weighted by atomic mass is 10.1. The van der Waals surface area contributed by atoms with Crippen molar-refractivity contribution in [2.45, 2.75) is 25.5 Å². The van der Waals surface area contributed by atoms with Crippen LogP contribution < -0.4 is 10.3 Å². The number of fused-ring (bicyclic) bond motifs is 1. The lowest BCUT2D eigenvalue weighted by molar-refractivity contribution is 0.0969. The summed E-state index contributed by atoms with van der Waals surface area (Å²) in [5.74, 6) is 0.958. The van der Waals surface area contributed by atoms with Gasteiger partial charge in [0.2, 0.25) is 0 Å². The molecule has 0 unspecified atom stereocenters.